The molecule has 2 aromatic rings. The number of pyridine rings is 2. The second-order valence-corrected chi connectivity index (χ2v) is 5.90. The molecular formula is C23H26N6. The van der Waals surface area contributed by atoms with E-state index in [1.807, 2.05) is 57.2 Å². The molecule has 0 aliphatic heterocycles. The van der Waals surface area contributed by atoms with E-state index >= 15 is 0 Å². The van der Waals surface area contributed by atoms with Crippen molar-refractivity contribution in [2.45, 2.75) is 20.8 Å². The standard InChI is InChI=1S/C23H26N6/c1-6-19(25-9-4)20-11-10-12-23(27-20)29-22(8-3)28-21(7-2)26-17(5)18-13-15-24-16-14-18/h7,10-16,25,28H,1,3,9H2,2,4-5H3,(H,27,29)/b21-7+,26-17?. The van der Waals surface area contributed by atoms with Gasteiger partial charge in [0.1, 0.15) is 17.3 Å². The highest BCUT2D eigenvalue weighted by molar-refractivity contribution is 5.99. The van der Waals surface area contributed by atoms with Crippen LogP contribution >= 0.6 is 0 Å². The van der Waals surface area contributed by atoms with Gasteiger partial charge in [0, 0.05) is 24.7 Å². The van der Waals surface area contributed by atoms with Crippen LogP contribution in [0.3, 0.4) is 0 Å². The van der Waals surface area contributed by atoms with Crippen LogP contribution < -0.4 is 16.0 Å². The molecule has 6 heteroatoms. The van der Waals surface area contributed by atoms with Crippen LogP contribution in [-0.2, 0) is 0 Å². The van der Waals surface area contributed by atoms with Gasteiger partial charge in [-0.25, -0.2) is 9.98 Å². The molecule has 148 valence electrons. The zero-order valence-electron chi connectivity index (χ0n) is 17.1. The minimum atomic E-state index is 0.543. The second-order valence-electron chi connectivity index (χ2n) is 5.90. The number of aromatic nitrogens is 2. The molecule has 0 atom stereocenters. The lowest BCUT2D eigenvalue weighted by Gasteiger charge is -2.13. The Kier molecular flexibility index (Phi) is 8.21. The lowest BCUT2D eigenvalue weighted by molar-refractivity contribution is 0.928. The molecule has 0 fully saturated rings. The Hall–Kier alpha value is -3.85. The quantitative estimate of drug-likeness (QED) is 0.445. The first kappa shape index (κ1) is 21.5. The summed E-state index contributed by atoms with van der Waals surface area (Å²) in [4.78, 5) is 13.3. The number of allylic oxidation sites excluding steroid dienone is 1. The summed E-state index contributed by atoms with van der Waals surface area (Å²) in [7, 11) is 0. The predicted octanol–water partition coefficient (Wildman–Crippen LogP) is 4.21. The molecule has 0 saturated carbocycles. The zero-order chi connectivity index (χ0) is 21.1. The van der Waals surface area contributed by atoms with E-state index in [1.54, 1.807) is 12.4 Å². The first-order chi connectivity index (χ1) is 14.1. The van der Waals surface area contributed by atoms with E-state index < -0.39 is 0 Å². The van der Waals surface area contributed by atoms with E-state index in [0.717, 1.165) is 29.2 Å². The van der Waals surface area contributed by atoms with Gasteiger partial charge in [0.2, 0.25) is 0 Å². The Balaban J connectivity index is 2.16. The van der Waals surface area contributed by atoms with Gasteiger partial charge in [-0.2, -0.15) is 0 Å². The van der Waals surface area contributed by atoms with E-state index in [4.69, 9.17) is 0 Å². The molecule has 0 unspecified atom stereocenters. The summed E-state index contributed by atoms with van der Waals surface area (Å²) in [6, 6.07) is 9.49. The van der Waals surface area contributed by atoms with E-state index in [1.165, 1.54) is 0 Å². The minimum Gasteiger partial charge on any atom is -0.377 e. The SMILES string of the molecule is C=C=C(N/C(=C/C)N=C(C)c1ccncc1)Nc1cccc(C(=C=C)NCC)n1. The number of nitrogens with zero attached hydrogens (tertiary/aromatic N) is 3. The normalized spacial score (nSPS) is 11.1. The van der Waals surface area contributed by atoms with Gasteiger partial charge in [0.25, 0.3) is 0 Å². The maximum absolute atomic E-state index is 4.64. The van der Waals surface area contributed by atoms with Crippen molar-refractivity contribution >= 4 is 17.2 Å². The summed E-state index contributed by atoms with van der Waals surface area (Å²) in [6.45, 7) is 14.1. The lowest BCUT2D eigenvalue weighted by atomic mass is 10.2. The van der Waals surface area contributed by atoms with Crippen LogP contribution in [0.5, 0.6) is 0 Å². The highest BCUT2D eigenvalue weighted by Gasteiger charge is 2.06. The van der Waals surface area contributed by atoms with Gasteiger partial charge in [-0.3, -0.25) is 4.98 Å². The monoisotopic (exact) mass is 386 g/mol. The summed E-state index contributed by atoms with van der Waals surface area (Å²) in [5, 5.41) is 9.56. The Morgan fingerprint density at radius 1 is 1.17 bits per heavy atom. The van der Waals surface area contributed by atoms with Crippen LogP contribution in [0.25, 0.3) is 5.70 Å². The smallest absolute Gasteiger partial charge is 0.154 e. The van der Waals surface area contributed by atoms with Crippen molar-refractivity contribution in [2.75, 3.05) is 11.9 Å². The van der Waals surface area contributed by atoms with Gasteiger partial charge in [-0.1, -0.05) is 25.0 Å². The average molecular weight is 387 g/mol. The van der Waals surface area contributed by atoms with E-state index in [9.17, 15) is 0 Å². The molecule has 0 radical (unpaired) electrons. The zero-order valence-corrected chi connectivity index (χ0v) is 17.1. The van der Waals surface area contributed by atoms with Crippen LogP contribution in [-0.4, -0.2) is 22.2 Å². The van der Waals surface area contributed by atoms with Crippen molar-refractivity contribution in [1.29, 1.82) is 0 Å². The number of aliphatic imine (C=N–C) groups is 1. The van der Waals surface area contributed by atoms with Crippen molar-refractivity contribution in [3.8, 4) is 0 Å². The lowest BCUT2D eigenvalue weighted by Crippen LogP contribution is -2.19. The van der Waals surface area contributed by atoms with Crippen molar-refractivity contribution in [3.63, 3.8) is 0 Å². The Morgan fingerprint density at radius 3 is 2.55 bits per heavy atom. The van der Waals surface area contributed by atoms with E-state index in [-0.39, 0.29) is 0 Å². The summed E-state index contributed by atoms with van der Waals surface area (Å²) < 4.78 is 0. The van der Waals surface area contributed by atoms with Crippen LogP contribution in [0.1, 0.15) is 32.0 Å². The third kappa shape index (κ3) is 6.36. The first-order valence-corrected chi connectivity index (χ1v) is 9.28. The predicted molar refractivity (Wildman–Crippen MR) is 120 cm³/mol. The Bertz CT molecular complexity index is 991. The van der Waals surface area contributed by atoms with Gasteiger partial charge in [0.05, 0.1) is 5.69 Å². The molecule has 2 heterocycles. The van der Waals surface area contributed by atoms with Crippen LogP contribution in [0.4, 0.5) is 5.82 Å². The summed E-state index contributed by atoms with van der Waals surface area (Å²) in [5.74, 6) is 1.84. The number of rotatable bonds is 9. The van der Waals surface area contributed by atoms with Crippen LogP contribution in [0.2, 0.25) is 0 Å². The first-order valence-electron chi connectivity index (χ1n) is 9.28. The molecule has 6 nitrogen and oxygen atoms in total. The highest BCUT2D eigenvalue weighted by Crippen LogP contribution is 2.13. The molecule has 3 N–H and O–H groups in total. The number of anilines is 1. The van der Waals surface area contributed by atoms with Gasteiger partial charge >= 0.3 is 0 Å². The van der Waals surface area contributed by atoms with Crippen molar-refractivity contribution in [1.82, 2.24) is 20.6 Å². The Morgan fingerprint density at radius 2 is 1.93 bits per heavy atom. The molecule has 2 aromatic heterocycles. The maximum atomic E-state index is 4.64. The highest BCUT2D eigenvalue weighted by atomic mass is 15.2. The molecule has 0 amide bonds. The fourth-order valence-electron chi connectivity index (χ4n) is 2.44. The van der Waals surface area contributed by atoms with Crippen molar-refractivity contribution < 1.29 is 0 Å². The van der Waals surface area contributed by atoms with Gasteiger partial charge < -0.3 is 16.0 Å². The fraction of sp³-hybridized carbons (Fsp3) is 0.174. The number of hydrogen-bond donors (Lipinski definition) is 3. The van der Waals surface area contributed by atoms with E-state index in [2.05, 4.69) is 55.5 Å². The third-order valence-corrected chi connectivity index (χ3v) is 3.88. The van der Waals surface area contributed by atoms with Gasteiger partial charge in [-0.05, 0) is 56.7 Å². The fourth-order valence-corrected chi connectivity index (χ4v) is 2.44. The molecule has 2 rings (SSSR count). The Labute approximate surface area is 172 Å². The topological polar surface area (TPSA) is 74.2 Å². The second kappa shape index (κ2) is 11.1. The summed E-state index contributed by atoms with van der Waals surface area (Å²) >= 11 is 0. The van der Waals surface area contributed by atoms with Gasteiger partial charge in [-0.15, -0.1) is 5.73 Å². The van der Waals surface area contributed by atoms with Crippen molar-refractivity contribution in [2.24, 2.45) is 4.99 Å². The summed E-state index contributed by atoms with van der Waals surface area (Å²) in [5.41, 5.74) is 9.08. The molecular weight excluding hydrogens is 360 g/mol. The summed E-state index contributed by atoms with van der Waals surface area (Å²) in [6.07, 6.45) is 5.36. The third-order valence-electron chi connectivity index (χ3n) is 3.88. The number of nitrogens with one attached hydrogen (secondary N) is 3. The number of hydrogen-bond acceptors (Lipinski definition) is 6. The minimum absolute atomic E-state index is 0.543. The molecule has 29 heavy (non-hydrogen) atoms. The van der Waals surface area contributed by atoms with E-state index in [0.29, 0.717) is 17.5 Å². The van der Waals surface area contributed by atoms with Crippen LogP contribution in [0.15, 0.2) is 90.1 Å². The van der Waals surface area contributed by atoms with Crippen molar-refractivity contribution in [3.05, 3.63) is 96.3 Å². The van der Waals surface area contributed by atoms with Gasteiger partial charge in [0.15, 0.2) is 5.82 Å². The molecule has 0 bridgehead atoms. The molecule has 0 spiro atoms. The molecule has 0 aromatic carbocycles. The average Bonchev–Trinajstić information content (AvgIpc) is 2.77. The van der Waals surface area contributed by atoms with Crippen LogP contribution in [0, 0.1) is 0 Å². The maximum Gasteiger partial charge on any atom is 0.154 e. The molecule has 0 aliphatic carbocycles. The molecule has 0 aliphatic rings. The molecule has 0 saturated heterocycles. The largest absolute Gasteiger partial charge is 0.377 e.